The number of halogens is 3. The molecule has 0 saturated carbocycles. The summed E-state index contributed by atoms with van der Waals surface area (Å²) >= 11 is 1.05. The second kappa shape index (κ2) is 4.65. The second-order valence-corrected chi connectivity index (χ2v) is 4.72. The van der Waals surface area contributed by atoms with Gasteiger partial charge in [-0.15, -0.1) is 11.3 Å². The largest absolute Gasteiger partial charge is 0.478 e. The van der Waals surface area contributed by atoms with E-state index in [2.05, 4.69) is 4.98 Å². The van der Waals surface area contributed by atoms with Gasteiger partial charge in [0.1, 0.15) is 5.01 Å². The maximum Gasteiger partial charge on any atom is 0.417 e. The van der Waals surface area contributed by atoms with E-state index in [1.807, 2.05) is 0 Å². The number of carboxylic acids is 1. The molecule has 0 aliphatic carbocycles. The Labute approximate surface area is 110 Å². The Kier molecular flexibility index (Phi) is 3.32. The Morgan fingerprint density at radius 1 is 1.37 bits per heavy atom. The van der Waals surface area contributed by atoms with E-state index in [0.717, 1.165) is 29.5 Å². The monoisotopic (exact) mass is 287 g/mol. The Balaban J connectivity index is 2.66. The highest BCUT2D eigenvalue weighted by Gasteiger charge is 2.34. The molecule has 0 aliphatic heterocycles. The molecule has 7 heteroatoms. The Morgan fingerprint density at radius 2 is 2.05 bits per heavy atom. The zero-order valence-electron chi connectivity index (χ0n) is 9.65. The van der Waals surface area contributed by atoms with Gasteiger partial charge in [-0.25, -0.2) is 9.78 Å². The molecule has 19 heavy (non-hydrogen) atoms. The lowest BCUT2D eigenvalue weighted by Gasteiger charge is -2.11. The van der Waals surface area contributed by atoms with Crippen molar-refractivity contribution in [3.05, 3.63) is 40.4 Å². The molecule has 0 unspecified atom stereocenters. The van der Waals surface area contributed by atoms with Gasteiger partial charge in [-0.05, 0) is 25.1 Å². The summed E-state index contributed by atoms with van der Waals surface area (Å²) < 4.78 is 38.7. The van der Waals surface area contributed by atoms with E-state index < -0.39 is 17.7 Å². The first kappa shape index (κ1) is 13.5. The first-order valence-electron chi connectivity index (χ1n) is 5.16. The molecule has 2 aromatic rings. The highest BCUT2D eigenvalue weighted by molar-refractivity contribution is 7.13. The van der Waals surface area contributed by atoms with Crippen LogP contribution in [0, 0.1) is 6.92 Å². The molecule has 3 nitrogen and oxygen atoms in total. The van der Waals surface area contributed by atoms with Gasteiger partial charge in [-0.3, -0.25) is 0 Å². The van der Waals surface area contributed by atoms with E-state index >= 15 is 0 Å². The number of carboxylic acid groups (broad SMARTS) is 1. The predicted octanol–water partition coefficient (Wildman–Crippen LogP) is 3.84. The summed E-state index contributed by atoms with van der Waals surface area (Å²) in [5, 5.41) is 10.6. The minimum Gasteiger partial charge on any atom is -0.478 e. The number of benzene rings is 1. The van der Waals surface area contributed by atoms with E-state index in [4.69, 9.17) is 5.11 Å². The molecule has 2 rings (SSSR count). The summed E-state index contributed by atoms with van der Waals surface area (Å²) in [5.74, 6) is -1.27. The van der Waals surface area contributed by atoms with Crippen molar-refractivity contribution in [3.63, 3.8) is 0 Å². The summed E-state index contributed by atoms with van der Waals surface area (Å²) in [6.45, 7) is 1.66. The molecule has 0 fully saturated rings. The zero-order chi connectivity index (χ0) is 14.2. The van der Waals surface area contributed by atoms with Crippen molar-refractivity contribution < 1.29 is 23.1 Å². The Hall–Kier alpha value is -1.89. The van der Waals surface area contributed by atoms with Crippen molar-refractivity contribution in [2.45, 2.75) is 13.1 Å². The van der Waals surface area contributed by atoms with Gasteiger partial charge < -0.3 is 5.11 Å². The summed E-state index contributed by atoms with van der Waals surface area (Å²) in [6, 6.07) is 2.72. The molecule has 0 aliphatic rings. The highest BCUT2D eigenvalue weighted by atomic mass is 32.1. The fraction of sp³-hybridized carbons (Fsp3) is 0.167. The minimum absolute atomic E-state index is 0.160. The van der Waals surface area contributed by atoms with E-state index in [1.165, 1.54) is 0 Å². The van der Waals surface area contributed by atoms with Crippen molar-refractivity contribution >= 4 is 17.3 Å². The summed E-state index contributed by atoms with van der Waals surface area (Å²) in [7, 11) is 0. The number of rotatable bonds is 2. The number of hydrogen-bond donors (Lipinski definition) is 1. The number of aromatic nitrogens is 1. The fourth-order valence-electron chi connectivity index (χ4n) is 1.58. The summed E-state index contributed by atoms with van der Waals surface area (Å²) in [5.41, 5.74) is -0.693. The molecule has 0 amide bonds. The maximum atomic E-state index is 12.9. The Bertz CT molecular complexity index is 634. The molecule has 1 N–H and O–H groups in total. The summed E-state index contributed by atoms with van der Waals surface area (Å²) in [6.07, 6.45) is -4.55. The first-order chi connectivity index (χ1) is 8.79. The van der Waals surface area contributed by atoms with Crippen molar-refractivity contribution in [1.29, 1.82) is 0 Å². The average Bonchev–Trinajstić information content (AvgIpc) is 2.73. The van der Waals surface area contributed by atoms with Crippen LogP contribution in [0.2, 0.25) is 0 Å². The van der Waals surface area contributed by atoms with Crippen LogP contribution in [-0.4, -0.2) is 16.1 Å². The molecule has 0 bridgehead atoms. The van der Waals surface area contributed by atoms with Crippen LogP contribution in [0.4, 0.5) is 13.2 Å². The van der Waals surface area contributed by atoms with Gasteiger partial charge in [0.25, 0.3) is 0 Å². The molecule has 1 aromatic carbocycles. The highest BCUT2D eigenvalue weighted by Crippen LogP contribution is 2.38. The van der Waals surface area contributed by atoms with Crippen molar-refractivity contribution in [2.24, 2.45) is 0 Å². The lowest BCUT2D eigenvalue weighted by Crippen LogP contribution is -2.08. The number of thiazole rings is 1. The van der Waals surface area contributed by atoms with E-state index in [0.29, 0.717) is 5.69 Å². The van der Waals surface area contributed by atoms with Gasteiger partial charge in [0.15, 0.2) is 0 Å². The lowest BCUT2D eigenvalue weighted by molar-refractivity contribution is -0.137. The number of aryl methyl sites for hydroxylation is 1. The third-order valence-electron chi connectivity index (χ3n) is 2.42. The van der Waals surface area contributed by atoms with Crippen LogP contribution in [0.15, 0.2) is 23.6 Å². The number of carbonyl (C=O) groups is 1. The van der Waals surface area contributed by atoms with Crippen LogP contribution >= 0.6 is 11.3 Å². The molecule has 0 radical (unpaired) electrons. The van der Waals surface area contributed by atoms with Crippen LogP contribution in [0.1, 0.15) is 21.6 Å². The van der Waals surface area contributed by atoms with E-state index in [-0.39, 0.29) is 16.1 Å². The SMILES string of the molecule is Cc1csc(-c2cc(C(=O)O)ccc2C(F)(F)F)n1. The second-order valence-electron chi connectivity index (χ2n) is 3.86. The van der Waals surface area contributed by atoms with Crippen molar-refractivity contribution in [2.75, 3.05) is 0 Å². The predicted molar refractivity (Wildman–Crippen MR) is 64.2 cm³/mol. The maximum absolute atomic E-state index is 12.9. The van der Waals surface area contributed by atoms with Gasteiger partial charge in [0, 0.05) is 16.6 Å². The van der Waals surface area contributed by atoms with E-state index in [9.17, 15) is 18.0 Å². The zero-order valence-corrected chi connectivity index (χ0v) is 10.5. The van der Waals surface area contributed by atoms with Crippen LogP contribution in [0.5, 0.6) is 0 Å². The topological polar surface area (TPSA) is 50.2 Å². The standard InChI is InChI=1S/C12H8F3NO2S/c1-6-5-19-10(16-6)8-4-7(11(17)18)2-3-9(8)12(13,14)15/h2-5H,1H3,(H,17,18). The number of hydrogen-bond acceptors (Lipinski definition) is 3. The molecule has 100 valence electrons. The van der Waals surface area contributed by atoms with Gasteiger partial charge in [-0.1, -0.05) is 0 Å². The third kappa shape index (κ3) is 2.76. The normalized spacial score (nSPS) is 11.6. The minimum atomic E-state index is -4.55. The van der Waals surface area contributed by atoms with Gasteiger partial charge in [-0.2, -0.15) is 13.2 Å². The molecule has 1 aromatic heterocycles. The van der Waals surface area contributed by atoms with Gasteiger partial charge >= 0.3 is 12.1 Å². The van der Waals surface area contributed by atoms with Crippen LogP contribution in [0.25, 0.3) is 10.6 Å². The van der Waals surface area contributed by atoms with Crippen LogP contribution < -0.4 is 0 Å². The molecular weight excluding hydrogens is 279 g/mol. The van der Waals surface area contributed by atoms with Crippen LogP contribution in [0.3, 0.4) is 0 Å². The summed E-state index contributed by atoms with van der Waals surface area (Å²) in [4.78, 5) is 14.8. The molecule has 0 spiro atoms. The average molecular weight is 287 g/mol. The van der Waals surface area contributed by atoms with Gasteiger partial charge in [0.05, 0.1) is 11.1 Å². The molecule has 0 atom stereocenters. The Morgan fingerprint density at radius 3 is 2.53 bits per heavy atom. The van der Waals surface area contributed by atoms with Crippen molar-refractivity contribution in [3.8, 4) is 10.6 Å². The number of aromatic carboxylic acids is 1. The van der Waals surface area contributed by atoms with E-state index in [1.54, 1.807) is 12.3 Å². The number of alkyl halides is 3. The molecule has 0 saturated heterocycles. The molecular formula is C12H8F3NO2S. The number of nitrogens with zero attached hydrogens (tertiary/aromatic N) is 1. The third-order valence-corrected chi connectivity index (χ3v) is 3.41. The first-order valence-corrected chi connectivity index (χ1v) is 6.04. The molecule has 1 heterocycles. The van der Waals surface area contributed by atoms with Gasteiger partial charge in [0.2, 0.25) is 0 Å². The smallest absolute Gasteiger partial charge is 0.417 e. The van der Waals surface area contributed by atoms with Crippen LogP contribution in [-0.2, 0) is 6.18 Å². The van der Waals surface area contributed by atoms with Crippen molar-refractivity contribution in [1.82, 2.24) is 4.98 Å². The lowest BCUT2D eigenvalue weighted by atomic mass is 10.0. The fourth-order valence-corrected chi connectivity index (χ4v) is 2.41. The quantitative estimate of drug-likeness (QED) is 0.913.